The molecular formula is C21H22ClF2N3O. The number of rotatable bonds is 6. The molecule has 0 fully saturated rings. The Morgan fingerprint density at radius 2 is 1.96 bits per heavy atom. The fraction of sp³-hybridized carbons (Fsp3) is 0.333. The predicted molar refractivity (Wildman–Crippen MR) is 107 cm³/mol. The number of aromatic nitrogens is 2. The molecule has 3 aromatic rings. The number of halogens is 3. The van der Waals surface area contributed by atoms with Gasteiger partial charge in [-0.15, -0.1) is 0 Å². The monoisotopic (exact) mass is 405 g/mol. The lowest BCUT2D eigenvalue weighted by atomic mass is 9.93. The van der Waals surface area contributed by atoms with E-state index in [-0.39, 0.29) is 17.5 Å². The van der Waals surface area contributed by atoms with Gasteiger partial charge in [-0.1, -0.05) is 25.4 Å². The van der Waals surface area contributed by atoms with E-state index in [1.807, 2.05) is 6.92 Å². The predicted octanol–water partition coefficient (Wildman–Crippen LogP) is 5.37. The van der Waals surface area contributed by atoms with Crippen molar-refractivity contribution in [2.24, 2.45) is 11.7 Å². The summed E-state index contributed by atoms with van der Waals surface area (Å²) in [5.74, 6) is -0.551. The van der Waals surface area contributed by atoms with Gasteiger partial charge in [-0.2, -0.15) is 0 Å². The Bertz CT molecular complexity index is 1010. The molecular weight excluding hydrogens is 384 g/mol. The van der Waals surface area contributed by atoms with E-state index in [1.54, 1.807) is 12.1 Å². The molecule has 148 valence electrons. The Hall–Kier alpha value is -2.31. The zero-order valence-electron chi connectivity index (χ0n) is 16.0. The maximum Gasteiger partial charge on any atom is 0.156 e. The molecule has 1 aromatic carbocycles. The van der Waals surface area contributed by atoms with Gasteiger partial charge in [0.25, 0.3) is 0 Å². The number of pyridine rings is 2. The number of ether oxygens (including phenoxy) is 1. The Balaban J connectivity index is 1.90. The first kappa shape index (κ1) is 20.4. The third-order valence-electron chi connectivity index (χ3n) is 4.29. The average molecular weight is 406 g/mol. The van der Waals surface area contributed by atoms with Crippen LogP contribution in [0.25, 0.3) is 22.2 Å². The van der Waals surface area contributed by atoms with E-state index < -0.39 is 17.2 Å². The van der Waals surface area contributed by atoms with E-state index in [0.717, 1.165) is 12.5 Å². The van der Waals surface area contributed by atoms with Crippen LogP contribution in [0.4, 0.5) is 8.78 Å². The number of nitrogens with zero attached hydrogens (tertiary/aromatic N) is 2. The van der Waals surface area contributed by atoms with Gasteiger partial charge in [-0.25, -0.2) is 8.78 Å². The molecule has 1 unspecified atom stereocenters. The second-order valence-electron chi connectivity index (χ2n) is 7.68. The van der Waals surface area contributed by atoms with Gasteiger partial charge in [0.2, 0.25) is 0 Å². The zero-order chi connectivity index (χ0) is 20.5. The summed E-state index contributed by atoms with van der Waals surface area (Å²) in [7, 11) is 0. The maximum absolute atomic E-state index is 14.3. The molecule has 1 atom stereocenters. The number of fused-ring (bicyclic) bond motifs is 1. The summed E-state index contributed by atoms with van der Waals surface area (Å²) in [4.78, 5) is 8.38. The largest absolute Gasteiger partial charge is 0.488 e. The normalized spacial score (nSPS) is 13.7. The van der Waals surface area contributed by atoms with E-state index in [4.69, 9.17) is 22.1 Å². The van der Waals surface area contributed by atoms with Crippen LogP contribution >= 0.6 is 11.6 Å². The molecule has 28 heavy (non-hydrogen) atoms. The molecule has 0 amide bonds. The van der Waals surface area contributed by atoms with Gasteiger partial charge in [0, 0.05) is 34.8 Å². The lowest BCUT2D eigenvalue weighted by Crippen LogP contribution is -2.43. The number of hydrogen-bond donors (Lipinski definition) is 1. The molecule has 0 spiro atoms. The third-order valence-corrected chi connectivity index (χ3v) is 4.58. The Kier molecular flexibility index (Phi) is 5.82. The van der Waals surface area contributed by atoms with Crippen molar-refractivity contribution in [2.45, 2.75) is 32.7 Å². The van der Waals surface area contributed by atoms with Crippen molar-refractivity contribution in [3.8, 4) is 17.0 Å². The first-order chi connectivity index (χ1) is 13.2. The minimum Gasteiger partial charge on any atom is -0.488 e. The third kappa shape index (κ3) is 4.56. The van der Waals surface area contributed by atoms with Crippen molar-refractivity contribution in [1.82, 2.24) is 9.97 Å². The van der Waals surface area contributed by atoms with E-state index >= 15 is 0 Å². The molecule has 0 aliphatic carbocycles. The molecule has 2 N–H and O–H groups in total. The van der Waals surface area contributed by atoms with Crippen LogP contribution in [0.3, 0.4) is 0 Å². The lowest BCUT2D eigenvalue weighted by Gasteiger charge is -2.26. The van der Waals surface area contributed by atoms with Crippen molar-refractivity contribution in [3.05, 3.63) is 53.3 Å². The quantitative estimate of drug-likeness (QED) is 0.598. The highest BCUT2D eigenvalue weighted by Gasteiger charge is 2.22. The first-order valence-corrected chi connectivity index (χ1v) is 9.35. The summed E-state index contributed by atoms with van der Waals surface area (Å²) in [5.41, 5.74) is 6.88. The molecule has 0 aliphatic rings. The van der Waals surface area contributed by atoms with Gasteiger partial charge in [0.15, 0.2) is 5.75 Å². The summed E-state index contributed by atoms with van der Waals surface area (Å²) in [6.07, 6.45) is 3.76. The van der Waals surface area contributed by atoms with Crippen LogP contribution in [0.1, 0.15) is 27.2 Å². The van der Waals surface area contributed by atoms with Gasteiger partial charge in [-0.05, 0) is 31.4 Å². The SMILES string of the molecule is CC(C)CC(C)(N)COc1cnc(-c2ccnc3cc(F)cc(F)c23)cc1Cl. The minimum atomic E-state index is -0.705. The lowest BCUT2D eigenvalue weighted by molar-refractivity contribution is 0.206. The molecule has 7 heteroatoms. The fourth-order valence-corrected chi connectivity index (χ4v) is 3.53. The highest BCUT2D eigenvalue weighted by Crippen LogP contribution is 2.33. The molecule has 0 radical (unpaired) electrons. The molecule has 0 saturated heterocycles. The molecule has 2 aromatic heterocycles. The molecule has 0 saturated carbocycles. The van der Waals surface area contributed by atoms with Crippen LogP contribution in [0.5, 0.6) is 5.75 Å². The van der Waals surface area contributed by atoms with E-state index in [9.17, 15) is 8.78 Å². The van der Waals surface area contributed by atoms with Crippen molar-refractivity contribution in [3.63, 3.8) is 0 Å². The van der Waals surface area contributed by atoms with Gasteiger partial charge < -0.3 is 10.5 Å². The fourth-order valence-electron chi connectivity index (χ4n) is 3.32. The van der Waals surface area contributed by atoms with Crippen LogP contribution in [-0.4, -0.2) is 22.1 Å². The smallest absolute Gasteiger partial charge is 0.156 e. The number of hydrogen-bond acceptors (Lipinski definition) is 4. The van der Waals surface area contributed by atoms with Gasteiger partial charge >= 0.3 is 0 Å². The number of benzene rings is 1. The van der Waals surface area contributed by atoms with Crippen molar-refractivity contribution < 1.29 is 13.5 Å². The summed E-state index contributed by atoms with van der Waals surface area (Å²) in [6.45, 7) is 6.41. The van der Waals surface area contributed by atoms with E-state index in [0.29, 0.717) is 27.9 Å². The standard InChI is InChI=1S/C21H22ClF2N3O/c1-12(2)9-21(3,25)11-28-19-10-27-17(8-15(19)22)14-4-5-26-18-7-13(23)6-16(24)20(14)18/h4-8,10,12H,9,11,25H2,1-3H3. The molecule has 2 heterocycles. The highest BCUT2D eigenvalue weighted by atomic mass is 35.5. The Morgan fingerprint density at radius 3 is 2.64 bits per heavy atom. The zero-order valence-corrected chi connectivity index (χ0v) is 16.7. The van der Waals surface area contributed by atoms with Crippen LogP contribution in [-0.2, 0) is 0 Å². The first-order valence-electron chi connectivity index (χ1n) is 8.97. The van der Waals surface area contributed by atoms with Crippen LogP contribution in [0, 0.1) is 17.6 Å². The van der Waals surface area contributed by atoms with Gasteiger partial charge in [0.05, 0.1) is 22.4 Å². The van der Waals surface area contributed by atoms with Gasteiger partial charge in [-0.3, -0.25) is 9.97 Å². The molecule has 0 aliphatic heterocycles. The Labute approximate surface area is 167 Å². The average Bonchev–Trinajstić information content (AvgIpc) is 2.58. The maximum atomic E-state index is 14.3. The highest BCUT2D eigenvalue weighted by molar-refractivity contribution is 6.32. The summed E-state index contributed by atoms with van der Waals surface area (Å²) in [6, 6.07) is 5.20. The van der Waals surface area contributed by atoms with Crippen molar-refractivity contribution in [2.75, 3.05) is 6.61 Å². The topological polar surface area (TPSA) is 61.0 Å². The summed E-state index contributed by atoms with van der Waals surface area (Å²) >= 11 is 6.35. The Morgan fingerprint density at radius 1 is 1.21 bits per heavy atom. The van der Waals surface area contributed by atoms with Gasteiger partial charge in [0.1, 0.15) is 18.2 Å². The molecule has 0 bridgehead atoms. The minimum absolute atomic E-state index is 0.188. The number of nitrogens with two attached hydrogens (primary N) is 1. The second-order valence-corrected chi connectivity index (χ2v) is 8.09. The van der Waals surface area contributed by atoms with Crippen LogP contribution in [0.15, 0.2) is 36.7 Å². The molecule has 3 rings (SSSR count). The summed E-state index contributed by atoms with van der Waals surface area (Å²) < 4.78 is 33.6. The van der Waals surface area contributed by atoms with E-state index in [1.165, 1.54) is 18.5 Å². The van der Waals surface area contributed by atoms with Crippen LogP contribution in [0.2, 0.25) is 5.02 Å². The van der Waals surface area contributed by atoms with E-state index in [2.05, 4.69) is 23.8 Å². The summed E-state index contributed by atoms with van der Waals surface area (Å²) in [5, 5.41) is 0.519. The van der Waals surface area contributed by atoms with Crippen LogP contribution < -0.4 is 10.5 Å². The van der Waals surface area contributed by atoms with Crippen molar-refractivity contribution >= 4 is 22.5 Å². The van der Waals surface area contributed by atoms with Crippen molar-refractivity contribution in [1.29, 1.82) is 0 Å². The molecule has 4 nitrogen and oxygen atoms in total. The second kappa shape index (κ2) is 7.97.